The van der Waals surface area contributed by atoms with Crippen molar-refractivity contribution in [3.8, 4) is 0 Å². The number of carbonyl (C=O) groups is 2. The van der Waals surface area contributed by atoms with Gasteiger partial charge in [-0.15, -0.1) is 6.58 Å². The number of hydrogen-bond donors (Lipinski definition) is 0. The first-order valence-electron chi connectivity index (χ1n) is 6.62. The Morgan fingerprint density at radius 3 is 2.84 bits per heavy atom. The molecular formula is C16H22O3. The van der Waals surface area contributed by atoms with E-state index in [1.807, 2.05) is 12.2 Å². The van der Waals surface area contributed by atoms with E-state index < -0.39 is 5.41 Å². The fraction of sp³-hybridized carbons (Fsp3) is 0.500. The first-order chi connectivity index (χ1) is 9.10. The third kappa shape index (κ3) is 3.43. The van der Waals surface area contributed by atoms with Crippen LogP contribution in [0.25, 0.3) is 0 Å². The fourth-order valence-corrected chi connectivity index (χ4v) is 2.77. The monoisotopic (exact) mass is 262 g/mol. The number of ketones is 1. The van der Waals surface area contributed by atoms with Crippen molar-refractivity contribution in [2.45, 2.75) is 32.1 Å². The molecule has 1 rings (SSSR count). The SMILES string of the molecule is C=C/C=C/CC[C@@H]1CC(=O)CC[C@@]1(C=C)C(=O)OC. The number of carbonyl (C=O) groups excluding carboxylic acids is 2. The highest BCUT2D eigenvalue weighted by Crippen LogP contribution is 2.44. The summed E-state index contributed by atoms with van der Waals surface area (Å²) in [6.07, 6.45) is 10.2. The van der Waals surface area contributed by atoms with Crippen molar-refractivity contribution in [1.29, 1.82) is 0 Å². The van der Waals surface area contributed by atoms with Gasteiger partial charge in [-0.1, -0.05) is 30.9 Å². The minimum atomic E-state index is -0.704. The Morgan fingerprint density at radius 2 is 2.26 bits per heavy atom. The lowest BCUT2D eigenvalue weighted by molar-refractivity contribution is -0.156. The molecule has 2 atom stereocenters. The average molecular weight is 262 g/mol. The molecule has 0 spiro atoms. The highest BCUT2D eigenvalue weighted by atomic mass is 16.5. The molecule has 0 radical (unpaired) electrons. The predicted octanol–water partition coefficient (Wildman–Crippen LogP) is 3.22. The van der Waals surface area contributed by atoms with E-state index in [1.165, 1.54) is 7.11 Å². The second kappa shape index (κ2) is 7.07. The summed E-state index contributed by atoms with van der Waals surface area (Å²) in [5.74, 6) is -0.0695. The van der Waals surface area contributed by atoms with E-state index >= 15 is 0 Å². The van der Waals surface area contributed by atoms with E-state index in [2.05, 4.69) is 13.2 Å². The molecular weight excluding hydrogens is 240 g/mol. The summed E-state index contributed by atoms with van der Waals surface area (Å²) in [6.45, 7) is 7.41. The van der Waals surface area contributed by atoms with Gasteiger partial charge in [-0.05, 0) is 25.2 Å². The zero-order valence-corrected chi connectivity index (χ0v) is 11.6. The van der Waals surface area contributed by atoms with Gasteiger partial charge in [0.2, 0.25) is 0 Å². The van der Waals surface area contributed by atoms with Crippen LogP contribution in [0.1, 0.15) is 32.1 Å². The zero-order chi connectivity index (χ0) is 14.3. The van der Waals surface area contributed by atoms with Crippen LogP contribution in [0.4, 0.5) is 0 Å². The zero-order valence-electron chi connectivity index (χ0n) is 11.6. The van der Waals surface area contributed by atoms with Crippen molar-refractivity contribution in [3.63, 3.8) is 0 Å². The molecule has 104 valence electrons. The number of ether oxygens (including phenoxy) is 1. The van der Waals surface area contributed by atoms with Gasteiger partial charge >= 0.3 is 5.97 Å². The molecule has 0 amide bonds. The Balaban J connectivity index is 2.87. The van der Waals surface area contributed by atoms with Gasteiger partial charge < -0.3 is 4.74 Å². The summed E-state index contributed by atoms with van der Waals surface area (Å²) in [4.78, 5) is 23.7. The lowest BCUT2D eigenvalue weighted by Crippen LogP contribution is -2.42. The van der Waals surface area contributed by atoms with Crippen LogP contribution in [0.5, 0.6) is 0 Å². The molecule has 19 heavy (non-hydrogen) atoms. The van der Waals surface area contributed by atoms with Gasteiger partial charge in [-0.2, -0.15) is 0 Å². The molecule has 0 N–H and O–H groups in total. The van der Waals surface area contributed by atoms with E-state index in [9.17, 15) is 9.59 Å². The minimum Gasteiger partial charge on any atom is -0.468 e. The average Bonchev–Trinajstić information content (AvgIpc) is 2.43. The summed E-state index contributed by atoms with van der Waals surface area (Å²) in [7, 11) is 1.39. The van der Waals surface area contributed by atoms with Crippen LogP contribution in [-0.2, 0) is 14.3 Å². The maximum Gasteiger partial charge on any atom is 0.315 e. The maximum absolute atomic E-state index is 12.1. The molecule has 3 nitrogen and oxygen atoms in total. The quantitative estimate of drug-likeness (QED) is 0.419. The Kier molecular flexibility index (Phi) is 5.74. The minimum absolute atomic E-state index is 0.0202. The van der Waals surface area contributed by atoms with Gasteiger partial charge in [-0.3, -0.25) is 9.59 Å². The third-order valence-corrected chi connectivity index (χ3v) is 3.90. The Bertz CT molecular complexity index is 395. The lowest BCUT2D eigenvalue weighted by atomic mass is 9.64. The van der Waals surface area contributed by atoms with Crippen LogP contribution >= 0.6 is 0 Å². The second-order valence-electron chi connectivity index (χ2n) is 4.92. The van der Waals surface area contributed by atoms with Crippen LogP contribution in [0.2, 0.25) is 0 Å². The van der Waals surface area contributed by atoms with Gasteiger partial charge in [0.15, 0.2) is 0 Å². The Hall–Kier alpha value is -1.64. The van der Waals surface area contributed by atoms with Crippen molar-refractivity contribution in [3.05, 3.63) is 37.5 Å². The standard InChI is InChI=1S/C16H22O3/c1-4-6-7-8-9-13-12-14(17)10-11-16(13,5-2)15(18)19-3/h4-7,13H,1-2,8-12H2,3H3/b7-6+/t13-,16-/m1/s1. The predicted molar refractivity (Wildman–Crippen MR) is 75.6 cm³/mol. The number of hydrogen-bond acceptors (Lipinski definition) is 3. The van der Waals surface area contributed by atoms with Crippen LogP contribution < -0.4 is 0 Å². The van der Waals surface area contributed by atoms with E-state index in [-0.39, 0.29) is 17.7 Å². The molecule has 0 aromatic heterocycles. The molecule has 0 aliphatic heterocycles. The van der Waals surface area contributed by atoms with Crippen LogP contribution in [0.15, 0.2) is 37.5 Å². The van der Waals surface area contributed by atoms with Crippen molar-refractivity contribution in [1.82, 2.24) is 0 Å². The maximum atomic E-state index is 12.1. The number of allylic oxidation sites excluding steroid dienone is 3. The number of rotatable bonds is 6. The smallest absolute Gasteiger partial charge is 0.315 e. The molecule has 1 aliphatic rings. The van der Waals surface area contributed by atoms with E-state index in [0.29, 0.717) is 19.3 Å². The molecule has 1 saturated carbocycles. The van der Waals surface area contributed by atoms with E-state index in [1.54, 1.807) is 12.2 Å². The largest absolute Gasteiger partial charge is 0.468 e. The molecule has 0 unspecified atom stereocenters. The molecule has 0 aromatic carbocycles. The molecule has 0 saturated heterocycles. The molecule has 1 aliphatic carbocycles. The molecule has 3 heteroatoms. The van der Waals surface area contributed by atoms with Crippen LogP contribution in [0, 0.1) is 11.3 Å². The molecule has 0 bridgehead atoms. The lowest BCUT2D eigenvalue weighted by Gasteiger charge is -2.38. The van der Waals surface area contributed by atoms with Gasteiger partial charge in [0.05, 0.1) is 12.5 Å². The highest BCUT2D eigenvalue weighted by Gasteiger charge is 2.47. The first-order valence-corrected chi connectivity index (χ1v) is 6.62. The normalized spacial score (nSPS) is 27.2. The Labute approximate surface area is 115 Å². The van der Waals surface area contributed by atoms with Crippen LogP contribution in [0.3, 0.4) is 0 Å². The summed E-state index contributed by atoms with van der Waals surface area (Å²) >= 11 is 0. The van der Waals surface area contributed by atoms with E-state index in [4.69, 9.17) is 4.74 Å². The molecule has 0 aromatic rings. The van der Waals surface area contributed by atoms with Crippen molar-refractivity contribution in [2.75, 3.05) is 7.11 Å². The summed E-state index contributed by atoms with van der Waals surface area (Å²) in [6, 6.07) is 0. The van der Waals surface area contributed by atoms with Gasteiger partial charge in [0.1, 0.15) is 5.78 Å². The Morgan fingerprint density at radius 1 is 1.53 bits per heavy atom. The highest BCUT2D eigenvalue weighted by molar-refractivity contribution is 5.86. The summed E-state index contributed by atoms with van der Waals surface area (Å²) in [5.41, 5.74) is -0.704. The van der Waals surface area contributed by atoms with Crippen molar-refractivity contribution in [2.24, 2.45) is 11.3 Å². The first kappa shape index (κ1) is 15.4. The molecule has 1 fully saturated rings. The van der Waals surface area contributed by atoms with Gasteiger partial charge in [0.25, 0.3) is 0 Å². The van der Waals surface area contributed by atoms with Gasteiger partial charge in [-0.25, -0.2) is 0 Å². The number of methoxy groups -OCH3 is 1. The van der Waals surface area contributed by atoms with Crippen molar-refractivity contribution >= 4 is 11.8 Å². The fourth-order valence-electron chi connectivity index (χ4n) is 2.77. The van der Waals surface area contributed by atoms with Crippen molar-refractivity contribution < 1.29 is 14.3 Å². The topological polar surface area (TPSA) is 43.4 Å². The third-order valence-electron chi connectivity index (χ3n) is 3.90. The van der Waals surface area contributed by atoms with E-state index in [0.717, 1.165) is 12.8 Å². The number of Topliss-reactive ketones (excluding diaryl/α,β-unsaturated/α-hetero) is 1. The number of esters is 1. The second-order valence-corrected chi connectivity index (χ2v) is 4.92. The summed E-state index contributed by atoms with van der Waals surface area (Å²) in [5, 5.41) is 0. The van der Waals surface area contributed by atoms with Crippen LogP contribution in [-0.4, -0.2) is 18.9 Å². The van der Waals surface area contributed by atoms with Gasteiger partial charge in [0, 0.05) is 12.8 Å². The summed E-state index contributed by atoms with van der Waals surface area (Å²) < 4.78 is 4.92. The molecule has 0 heterocycles.